The fourth-order valence-corrected chi connectivity index (χ4v) is 2.87. The molecule has 0 N–H and O–H groups in total. The zero-order valence-corrected chi connectivity index (χ0v) is 8.97. The van der Waals surface area contributed by atoms with Crippen molar-refractivity contribution >= 4 is 34.0 Å². The molecule has 1 heterocycles. The maximum Gasteiger partial charge on any atom is 0.196 e. The Kier molecular flexibility index (Phi) is 4.22. The molecule has 0 bridgehead atoms. The predicted molar refractivity (Wildman–Crippen MR) is 57.7 cm³/mol. The number of hydrogen-bond donors (Lipinski definition) is 0. The highest BCUT2D eigenvalue weighted by Gasteiger charge is 2.25. The fraction of sp³-hybridized carbons (Fsp3) is 0.778. The summed E-state index contributed by atoms with van der Waals surface area (Å²) >= 11 is 6.67. The maximum atomic E-state index is 11.4. The molecule has 0 amide bonds. The van der Waals surface area contributed by atoms with Gasteiger partial charge < -0.3 is 0 Å². The monoisotopic (exact) mass is 202 g/mol. The zero-order valence-electron chi connectivity index (χ0n) is 7.34. The normalized spacial score (nSPS) is 24.1. The van der Waals surface area contributed by atoms with Crippen molar-refractivity contribution in [1.29, 1.82) is 0 Å². The lowest BCUT2D eigenvalue weighted by Gasteiger charge is -2.20. The molecule has 3 heteroatoms. The second kappa shape index (κ2) is 4.97. The number of thioether (sulfide) groups is 1. The van der Waals surface area contributed by atoms with Crippen LogP contribution in [0.25, 0.3) is 0 Å². The summed E-state index contributed by atoms with van der Waals surface area (Å²) in [6.45, 7) is 2.10. The van der Waals surface area contributed by atoms with Crippen molar-refractivity contribution < 1.29 is 4.79 Å². The van der Waals surface area contributed by atoms with Crippen LogP contribution < -0.4 is 0 Å². The fourth-order valence-electron chi connectivity index (χ4n) is 1.39. The number of carbonyl (C=O) groups is 1. The first-order valence-corrected chi connectivity index (χ1v) is 5.84. The van der Waals surface area contributed by atoms with Gasteiger partial charge in [0.1, 0.15) is 0 Å². The molecule has 1 nitrogen and oxygen atoms in total. The molecule has 12 heavy (non-hydrogen) atoms. The van der Waals surface area contributed by atoms with Gasteiger partial charge in [0.05, 0.1) is 5.92 Å². The quantitative estimate of drug-likeness (QED) is 0.655. The molecular formula is C9H14OS2. The first-order valence-electron chi connectivity index (χ1n) is 4.45. The molecule has 0 aliphatic carbocycles. The molecule has 1 atom stereocenters. The molecule has 0 saturated carbocycles. The third-order valence-electron chi connectivity index (χ3n) is 2.05. The van der Waals surface area contributed by atoms with E-state index in [0.29, 0.717) is 5.12 Å². The SMILES string of the molecule is CCCC(=S)C1CCCSC1=O. The molecular weight excluding hydrogens is 188 g/mol. The molecule has 0 spiro atoms. The lowest BCUT2D eigenvalue weighted by atomic mass is 9.98. The Morgan fingerprint density at radius 2 is 2.50 bits per heavy atom. The molecule has 1 aliphatic rings. The number of rotatable bonds is 3. The highest BCUT2D eigenvalue weighted by atomic mass is 32.2. The van der Waals surface area contributed by atoms with Crippen LogP contribution in [0.5, 0.6) is 0 Å². The van der Waals surface area contributed by atoms with Crippen LogP contribution in [0.2, 0.25) is 0 Å². The largest absolute Gasteiger partial charge is 0.287 e. The van der Waals surface area contributed by atoms with Crippen LogP contribution in [0.15, 0.2) is 0 Å². The van der Waals surface area contributed by atoms with E-state index in [2.05, 4.69) is 6.92 Å². The van der Waals surface area contributed by atoms with Crippen molar-refractivity contribution in [3.63, 3.8) is 0 Å². The highest BCUT2D eigenvalue weighted by Crippen LogP contribution is 2.26. The Hall–Kier alpha value is 0.110. The predicted octanol–water partition coefficient (Wildman–Crippen LogP) is 2.83. The van der Waals surface area contributed by atoms with Crippen molar-refractivity contribution in [2.24, 2.45) is 5.92 Å². The Morgan fingerprint density at radius 1 is 1.75 bits per heavy atom. The van der Waals surface area contributed by atoms with Crippen LogP contribution >= 0.6 is 24.0 Å². The van der Waals surface area contributed by atoms with Gasteiger partial charge >= 0.3 is 0 Å². The Labute approximate surface area is 83.3 Å². The average molecular weight is 202 g/mol. The third kappa shape index (κ3) is 2.56. The van der Waals surface area contributed by atoms with E-state index in [1.54, 1.807) is 0 Å². The summed E-state index contributed by atoms with van der Waals surface area (Å²) in [5.74, 6) is 1.09. The number of thiocarbonyl (C=S) groups is 1. The van der Waals surface area contributed by atoms with Crippen LogP contribution in [-0.2, 0) is 4.79 Å². The minimum Gasteiger partial charge on any atom is -0.287 e. The number of carbonyl (C=O) groups excluding carboxylic acids is 1. The second-order valence-corrected chi connectivity index (χ2v) is 4.70. The van der Waals surface area contributed by atoms with Gasteiger partial charge in [-0.05, 0) is 19.3 Å². The minimum atomic E-state index is 0.0960. The summed E-state index contributed by atoms with van der Waals surface area (Å²) in [5, 5.41) is 0.305. The van der Waals surface area contributed by atoms with Gasteiger partial charge in [0.25, 0.3) is 0 Å². The number of hydrogen-bond acceptors (Lipinski definition) is 3. The van der Waals surface area contributed by atoms with Crippen molar-refractivity contribution in [3.05, 3.63) is 0 Å². The van der Waals surface area contributed by atoms with Crippen molar-refractivity contribution in [2.45, 2.75) is 32.6 Å². The van der Waals surface area contributed by atoms with Crippen LogP contribution in [0, 0.1) is 5.92 Å². The summed E-state index contributed by atoms with van der Waals surface area (Å²) < 4.78 is 0. The van der Waals surface area contributed by atoms with Crippen LogP contribution in [-0.4, -0.2) is 15.7 Å². The standard InChI is InChI=1S/C9H14OS2/c1-2-4-8(11)7-5-3-6-12-9(7)10/h7H,2-6H2,1H3. The van der Waals surface area contributed by atoms with E-state index in [0.717, 1.165) is 36.3 Å². The van der Waals surface area contributed by atoms with Gasteiger partial charge in [-0.2, -0.15) is 0 Å². The molecule has 1 rings (SSSR count). The minimum absolute atomic E-state index is 0.0960. The van der Waals surface area contributed by atoms with Gasteiger partial charge in [-0.15, -0.1) is 0 Å². The van der Waals surface area contributed by atoms with E-state index in [1.807, 2.05) is 0 Å². The van der Waals surface area contributed by atoms with Gasteiger partial charge in [0.15, 0.2) is 5.12 Å². The molecule has 1 saturated heterocycles. The lowest BCUT2D eigenvalue weighted by molar-refractivity contribution is -0.113. The van der Waals surface area contributed by atoms with E-state index < -0.39 is 0 Å². The third-order valence-corrected chi connectivity index (χ3v) is 3.60. The second-order valence-electron chi connectivity index (χ2n) is 3.08. The van der Waals surface area contributed by atoms with Gasteiger partial charge in [-0.1, -0.05) is 37.3 Å². The van der Waals surface area contributed by atoms with E-state index >= 15 is 0 Å². The smallest absolute Gasteiger partial charge is 0.196 e. The topological polar surface area (TPSA) is 17.1 Å². The Morgan fingerprint density at radius 3 is 3.08 bits per heavy atom. The van der Waals surface area contributed by atoms with Crippen molar-refractivity contribution in [1.82, 2.24) is 0 Å². The van der Waals surface area contributed by atoms with E-state index in [4.69, 9.17) is 12.2 Å². The molecule has 0 aromatic rings. The van der Waals surface area contributed by atoms with Gasteiger partial charge in [-0.25, -0.2) is 0 Å². The zero-order chi connectivity index (χ0) is 8.97. The van der Waals surface area contributed by atoms with Crippen LogP contribution in [0.4, 0.5) is 0 Å². The first kappa shape index (κ1) is 10.2. The Bertz CT molecular complexity index is 189. The van der Waals surface area contributed by atoms with Crippen LogP contribution in [0.1, 0.15) is 32.6 Å². The summed E-state index contributed by atoms with van der Waals surface area (Å²) in [6.07, 6.45) is 4.13. The van der Waals surface area contributed by atoms with E-state index in [-0.39, 0.29) is 5.92 Å². The summed E-state index contributed by atoms with van der Waals surface area (Å²) in [4.78, 5) is 12.4. The molecule has 68 valence electrons. The average Bonchev–Trinajstić information content (AvgIpc) is 2.05. The first-order chi connectivity index (χ1) is 5.75. The van der Waals surface area contributed by atoms with Crippen molar-refractivity contribution in [2.75, 3.05) is 5.75 Å². The summed E-state index contributed by atoms with van der Waals surface area (Å²) in [7, 11) is 0. The molecule has 0 aromatic heterocycles. The van der Waals surface area contributed by atoms with Gasteiger partial charge in [0.2, 0.25) is 0 Å². The molecule has 1 fully saturated rings. The summed E-state index contributed by atoms with van der Waals surface area (Å²) in [5.41, 5.74) is 0. The van der Waals surface area contributed by atoms with Crippen LogP contribution in [0.3, 0.4) is 0 Å². The maximum absolute atomic E-state index is 11.4. The van der Waals surface area contributed by atoms with Gasteiger partial charge in [-0.3, -0.25) is 4.79 Å². The molecule has 1 aliphatic heterocycles. The van der Waals surface area contributed by atoms with E-state index in [1.165, 1.54) is 11.8 Å². The summed E-state index contributed by atoms with van der Waals surface area (Å²) in [6, 6.07) is 0. The van der Waals surface area contributed by atoms with Gasteiger partial charge in [0, 0.05) is 10.6 Å². The Balaban J connectivity index is 2.48. The molecule has 0 radical (unpaired) electrons. The van der Waals surface area contributed by atoms with Crippen molar-refractivity contribution in [3.8, 4) is 0 Å². The molecule has 1 unspecified atom stereocenters. The van der Waals surface area contributed by atoms with E-state index in [9.17, 15) is 4.79 Å². The lowest BCUT2D eigenvalue weighted by Crippen LogP contribution is -2.24. The highest BCUT2D eigenvalue weighted by molar-refractivity contribution is 8.13. The molecule has 0 aromatic carbocycles.